The van der Waals surface area contributed by atoms with Crippen molar-refractivity contribution in [3.63, 3.8) is 0 Å². The lowest BCUT2D eigenvalue weighted by Gasteiger charge is -2.49. The summed E-state index contributed by atoms with van der Waals surface area (Å²) < 4.78 is 0. The molecule has 0 heterocycles. The number of rotatable bonds is 6. The first kappa shape index (κ1) is 17.0. The quantitative estimate of drug-likeness (QED) is 0.673. The van der Waals surface area contributed by atoms with Crippen molar-refractivity contribution in [2.75, 3.05) is 0 Å². The molecule has 3 unspecified atom stereocenters. The number of nitrogens with two attached hydrogens (primary N) is 1. The van der Waals surface area contributed by atoms with Crippen molar-refractivity contribution >= 4 is 0 Å². The van der Waals surface area contributed by atoms with Gasteiger partial charge in [0.05, 0.1) is 0 Å². The van der Waals surface area contributed by atoms with Crippen LogP contribution in [0.1, 0.15) is 92.4 Å². The molecule has 0 aromatic carbocycles. The van der Waals surface area contributed by atoms with Gasteiger partial charge in [-0.15, -0.1) is 0 Å². The van der Waals surface area contributed by atoms with Crippen molar-refractivity contribution in [1.29, 1.82) is 0 Å². The highest BCUT2D eigenvalue weighted by Crippen LogP contribution is 2.46. The van der Waals surface area contributed by atoms with Gasteiger partial charge in [-0.2, -0.15) is 0 Å². The maximum absolute atomic E-state index is 6.94. The van der Waals surface area contributed by atoms with Crippen LogP contribution < -0.4 is 5.73 Å². The Morgan fingerprint density at radius 3 is 2.42 bits per heavy atom. The Kier molecular flexibility index (Phi) is 6.36. The molecule has 3 atom stereocenters. The second-order valence-electron chi connectivity index (χ2n) is 8.02. The van der Waals surface area contributed by atoms with E-state index in [1.165, 1.54) is 57.8 Å². The van der Waals surface area contributed by atoms with E-state index in [1.54, 1.807) is 0 Å². The van der Waals surface area contributed by atoms with Crippen LogP contribution in [0.25, 0.3) is 0 Å². The summed E-state index contributed by atoms with van der Waals surface area (Å²) in [5, 5.41) is 0. The lowest BCUT2D eigenvalue weighted by atomic mass is 9.60. The molecule has 1 rings (SSSR count). The second-order valence-corrected chi connectivity index (χ2v) is 8.02. The minimum atomic E-state index is 0.102. The number of unbranched alkanes of at least 4 members (excludes halogenated alkanes) is 1. The first-order valence-electron chi connectivity index (χ1n) is 8.62. The SMILES string of the molecule is CCCCC(CC)CC1(N)CCCCC1C(C)(C)C. The molecule has 114 valence electrons. The monoisotopic (exact) mass is 267 g/mol. The highest BCUT2D eigenvalue weighted by molar-refractivity contribution is 5.00. The van der Waals surface area contributed by atoms with Crippen LogP contribution in [0.4, 0.5) is 0 Å². The Hall–Kier alpha value is -0.0400. The molecule has 0 amide bonds. The lowest BCUT2D eigenvalue weighted by Crippen LogP contribution is -2.54. The fourth-order valence-corrected chi connectivity index (χ4v) is 4.28. The molecule has 0 radical (unpaired) electrons. The number of hydrogen-bond donors (Lipinski definition) is 1. The summed E-state index contributed by atoms with van der Waals surface area (Å²) in [6.45, 7) is 11.8. The van der Waals surface area contributed by atoms with Gasteiger partial charge >= 0.3 is 0 Å². The van der Waals surface area contributed by atoms with Gasteiger partial charge in [0.25, 0.3) is 0 Å². The van der Waals surface area contributed by atoms with Gasteiger partial charge in [-0.1, -0.05) is 73.1 Å². The molecule has 1 fully saturated rings. The van der Waals surface area contributed by atoms with Gasteiger partial charge in [0, 0.05) is 5.54 Å². The van der Waals surface area contributed by atoms with Crippen molar-refractivity contribution in [3.8, 4) is 0 Å². The topological polar surface area (TPSA) is 26.0 Å². The van der Waals surface area contributed by atoms with Crippen LogP contribution in [0.15, 0.2) is 0 Å². The summed E-state index contributed by atoms with van der Waals surface area (Å²) in [6.07, 6.45) is 11.9. The molecule has 0 aromatic rings. The number of hydrogen-bond acceptors (Lipinski definition) is 1. The molecular formula is C18H37N. The second kappa shape index (κ2) is 7.11. The Morgan fingerprint density at radius 2 is 1.89 bits per heavy atom. The van der Waals surface area contributed by atoms with Gasteiger partial charge in [-0.05, 0) is 36.5 Å². The van der Waals surface area contributed by atoms with Gasteiger partial charge in [-0.25, -0.2) is 0 Å². The Labute approximate surface area is 121 Å². The van der Waals surface area contributed by atoms with E-state index >= 15 is 0 Å². The molecule has 0 aromatic heterocycles. The van der Waals surface area contributed by atoms with Crippen molar-refractivity contribution < 1.29 is 0 Å². The normalized spacial score (nSPS) is 30.3. The van der Waals surface area contributed by atoms with Crippen LogP contribution in [0, 0.1) is 17.3 Å². The largest absolute Gasteiger partial charge is 0.325 e. The van der Waals surface area contributed by atoms with E-state index in [-0.39, 0.29) is 5.54 Å². The van der Waals surface area contributed by atoms with Crippen LogP contribution >= 0.6 is 0 Å². The third-order valence-corrected chi connectivity index (χ3v) is 5.34. The lowest BCUT2D eigenvalue weighted by molar-refractivity contribution is 0.0586. The van der Waals surface area contributed by atoms with Gasteiger partial charge in [0.2, 0.25) is 0 Å². The van der Waals surface area contributed by atoms with E-state index in [4.69, 9.17) is 5.73 Å². The van der Waals surface area contributed by atoms with Crippen molar-refractivity contribution in [1.82, 2.24) is 0 Å². The van der Waals surface area contributed by atoms with Crippen LogP contribution in [0.3, 0.4) is 0 Å². The van der Waals surface area contributed by atoms with E-state index in [0.29, 0.717) is 11.3 Å². The van der Waals surface area contributed by atoms with Gasteiger partial charge < -0.3 is 5.73 Å². The molecule has 1 heteroatoms. The molecule has 0 bridgehead atoms. The molecule has 2 N–H and O–H groups in total. The minimum absolute atomic E-state index is 0.102. The summed E-state index contributed by atoms with van der Waals surface area (Å²) in [7, 11) is 0. The molecule has 0 aliphatic heterocycles. The highest BCUT2D eigenvalue weighted by atomic mass is 14.8. The minimum Gasteiger partial charge on any atom is -0.325 e. The molecule has 1 aliphatic carbocycles. The maximum atomic E-state index is 6.94. The van der Waals surface area contributed by atoms with E-state index in [9.17, 15) is 0 Å². The van der Waals surface area contributed by atoms with Gasteiger partial charge in [0.1, 0.15) is 0 Å². The first-order chi connectivity index (χ1) is 8.83. The predicted molar refractivity (Wildman–Crippen MR) is 86.3 cm³/mol. The third kappa shape index (κ3) is 4.77. The van der Waals surface area contributed by atoms with Crippen LogP contribution in [-0.4, -0.2) is 5.54 Å². The maximum Gasteiger partial charge on any atom is 0.0190 e. The van der Waals surface area contributed by atoms with E-state index < -0.39 is 0 Å². The smallest absolute Gasteiger partial charge is 0.0190 e. The summed E-state index contributed by atoms with van der Waals surface area (Å²) in [6, 6.07) is 0. The van der Waals surface area contributed by atoms with Gasteiger partial charge in [0.15, 0.2) is 0 Å². The van der Waals surface area contributed by atoms with E-state index in [1.807, 2.05) is 0 Å². The Balaban J connectivity index is 2.73. The van der Waals surface area contributed by atoms with Crippen LogP contribution in [-0.2, 0) is 0 Å². The summed E-state index contributed by atoms with van der Waals surface area (Å²) >= 11 is 0. The van der Waals surface area contributed by atoms with E-state index in [2.05, 4.69) is 34.6 Å². The summed E-state index contributed by atoms with van der Waals surface area (Å²) in [5.74, 6) is 1.54. The fourth-order valence-electron chi connectivity index (χ4n) is 4.28. The summed E-state index contributed by atoms with van der Waals surface area (Å²) in [5.41, 5.74) is 7.40. The molecule has 1 saturated carbocycles. The van der Waals surface area contributed by atoms with Crippen molar-refractivity contribution in [2.45, 2.75) is 97.9 Å². The molecule has 1 nitrogen and oxygen atoms in total. The van der Waals surface area contributed by atoms with Crippen molar-refractivity contribution in [2.24, 2.45) is 23.0 Å². The standard InChI is InChI=1S/C18H37N/c1-6-8-11-15(7-2)14-18(19)13-10-9-12-16(18)17(3,4)5/h15-16H,6-14,19H2,1-5H3. The average Bonchev–Trinajstić information content (AvgIpc) is 2.33. The Morgan fingerprint density at radius 1 is 1.21 bits per heavy atom. The third-order valence-electron chi connectivity index (χ3n) is 5.34. The average molecular weight is 268 g/mol. The fraction of sp³-hybridized carbons (Fsp3) is 1.00. The zero-order valence-corrected chi connectivity index (χ0v) is 14.1. The van der Waals surface area contributed by atoms with Crippen LogP contribution in [0.2, 0.25) is 0 Å². The predicted octanol–water partition coefficient (Wildman–Crippen LogP) is 5.53. The zero-order valence-electron chi connectivity index (χ0n) is 14.1. The van der Waals surface area contributed by atoms with Gasteiger partial charge in [-0.3, -0.25) is 0 Å². The van der Waals surface area contributed by atoms with Crippen molar-refractivity contribution in [3.05, 3.63) is 0 Å². The molecular weight excluding hydrogens is 230 g/mol. The zero-order chi connectivity index (χ0) is 14.5. The molecule has 0 spiro atoms. The van der Waals surface area contributed by atoms with E-state index in [0.717, 1.165) is 5.92 Å². The first-order valence-corrected chi connectivity index (χ1v) is 8.62. The summed E-state index contributed by atoms with van der Waals surface area (Å²) in [4.78, 5) is 0. The molecule has 19 heavy (non-hydrogen) atoms. The molecule has 1 aliphatic rings. The van der Waals surface area contributed by atoms with Crippen LogP contribution in [0.5, 0.6) is 0 Å². The highest BCUT2D eigenvalue weighted by Gasteiger charge is 2.43. The Bertz CT molecular complexity index is 253. The molecule has 0 saturated heterocycles.